The number of thioether (sulfide) groups is 1. The molecule has 1 fully saturated rings. The first-order chi connectivity index (χ1) is 9.66. The third-order valence-electron chi connectivity index (χ3n) is 3.27. The summed E-state index contributed by atoms with van der Waals surface area (Å²) in [6, 6.07) is 7.63. The quantitative estimate of drug-likeness (QED) is 0.671. The average molecular weight is 289 g/mol. The summed E-state index contributed by atoms with van der Waals surface area (Å²) in [5, 5.41) is 1.34. The minimum atomic E-state index is -0.335. The predicted octanol–water partition coefficient (Wildman–Crippen LogP) is 1.70. The van der Waals surface area contributed by atoms with Gasteiger partial charge in [-0.2, -0.15) is 0 Å². The van der Waals surface area contributed by atoms with E-state index < -0.39 is 0 Å². The van der Waals surface area contributed by atoms with Gasteiger partial charge in [0.2, 0.25) is 5.91 Å². The number of benzene rings is 1. The first-order valence-corrected chi connectivity index (χ1v) is 7.58. The predicted molar refractivity (Wildman–Crippen MR) is 78.8 cm³/mol. The second-order valence-electron chi connectivity index (χ2n) is 4.88. The third-order valence-corrected chi connectivity index (χ3v) is 4.22. The number of nitrogens with zero attached hydrogens (tertiary/aromatic N) is 2. The molecule has 1 aliphatic rings. The lowest BCUT2D eigenvalue weighted by Crippen LogP contribution is -2.22. The van der Waals surface area contributed by atoms with E-state index in [1.165, 1.54) is 11.8 Å². The van der Waals surface area contributed by atoms with Gasteiger partial charge in [-0.3, -0.25) is 14.2 Å². The summed E-state index contributed by atoms with van der Waals surface area (Å²) in [7, 11) is 0. The van der Waals surface area contributed by atoms with Gasteiger partial charge in [-0.1, -0.05) is 23.9 Å². The van der Waals surface area contributed by atoms with Crippen molar-refractivity contribution in [3.63, 3.8) is 0 Å². The third kappa shape index (κ3) is 2.56. The topological polar surface area (TPSA) is 78.0 Å². The fourth-order valence-corrected chi connectivity index (χ4v) is 3.14. The highest BCUT2D eigenvalue weighted by molar-refractivity contribution is 7.99. The molecule has 1 aromatic carbocycles. The number of nitrogens with two attached hydrogens (primary N) is 1. The lowest BCUT2D eigenvalue weighted by Gasteiger charge is -2.11. The van der Waals surface area contributed by atoms with E-state index in [0.717, 1.165) is 12.8 Å². The zero-order chi connectivity index (χ0) is 14.1. The molecule has 0 saturated heterocycles. The molecular weight excluding hydrogens is 274 g/mol. The van der Waals surface area contributed by atoms with Crippen LogP contribution in [-0.2, 0) is 4.79 Å². The van der Waals surface area contributed by atoms with E-state index >= 15 is 0 Å². The van der Waals surface area contributed by atoms with Crippen molar-refractivity contribution < 1.29 is 4.79 Å². The number of hydrogen-bond donors (Lipinski definition) is 1. The number of hydrogen-bond acceptors (Lipinski definition) is 4. The van der Waals surface area contributed by atoms with E-state index in [4.69, 9.17) is 5.73 Å². The summed E-state index contributed by atoms with van der Waals surface area (Å²) in [5.74, 6) is 0.214. The van der Waals surface area contributed by atoms with Crippen LogP contribution in [0.15, 0.2) is 34.2 Å². The summed E-state index contributed by atoms with van der Waals surface area (Å²) in [5.41, 5.74) is 5.86. The maximum Gasteiger partial charge on any atom is 0.262 e. The first kappa shape index (κ1) is 13.2. The Morgan fingerprint density at radius 2 is 2.15 bits per heavy atom. The molecule has 0 unspecified atom stereocenters. The maximum absolute atomic E-state index is 12.5. The lowest BCUT2D eigenvalue weighted by atomic mass is 10.2. The molecule has 5 nitrogen and oxygen atoms in total. The average Bonchev–Trinajstić information content (AvgIpc) is 3.23. The number of carbonyl (C=O) groups is 1. The van der Waals surface area contributed by atoms with Gasteiger partial charge in [0.25, 0.3) is 5.56 Å². The molecule has 2 aromatic rings. The number of amides is 1. The molecule has 0 aliphatic heterocycles. The second kappa shape index (κ2) is 5.28. The normalized spacial score (nSPS) is 14.6. The molecule has 104 valence electrons. The summed E-state index contributed by atoms with van der Waals surface area (Å²) in [6.45, 7) is 0. The van der Waals surface area contributed by atoms with Crippen LogP contribution in [0.2, 0.25) is 0 Å². The summed E-state index contributed by atoms with van der Waals surface area (Å²) >= 11 is 1.42. The summed E-state index contributed by atoms with van der Waals surface area (Å²) < 4.78 is 1.77. The smallest absolute Gasteiger partial charge is 0.262 e. The fourth-order valence-electron chi connectivity index (χ4n) is 2.12. The Morgan fingerprint density at radius 3 is 2.85 bits per heavy atom. The van der Waals surface area contributed by atoms with Gasteiger partial charge in [0.15, 0.2) is 5.16 Å². The second-order valence-corrected chi connectivity index (χ2v) is 5.94. The minimum absolute atomic E-state index is 0.0136. The molecule has 6 heteroatoms. The zero-order valence-electron chi connectivity index (χ0n) is 10.9. The van der Waals surface area contributed by atoms with Crippen molar-refractivity contribution in [2.75, 3.05) is 5.75 Å². The van der Waals surface area contributed by atoms with E-state index in [0.29, 0.717) is 21.8 Å². The Labute approximate surface area is 120 Å². The highest BCUT2D eigenvalue weighted by Crippen LogP contribution is 2.36. The largest absolute Gasteiger partial charge is 0.370 e. The van der Waals surface area contributed by atoms with Gasteiger partial charge in [0, 0.05) is 18.2 Å². The number of fused-ring (bicyclic) bond motifs is 1. The van der Waals surface area contributed by atoms with Crippen LogP contribution in [0.25, 0.3) is 10.9 Å². The van der Waals surface area contributed by atoms with E-state index in [9.17, 15) is 9.59 Å². The van der Waals surface area contributed by atoms with Crippen molar-refractivity contribution in [2.24, 2.45) is 5.73 Å². The van der Waals surface area contributed by atoms with Crippen molar-refractivity contribution in [3.8, 4) is 0 Å². The Hall–Kier alpha value is -1.82. The van der Waals surface area contributed by atoms with Gasteiger partial charge in [-0.25, -0.2) is 4.98 Å². The molecule has 0 radical (unpaired) electrons. The Morgan fingerprint density at radius 1 is 1.40 bits per heavy atom. The molecule has 20 heavy (non-hydrogen) atoms. The summed E-state index contributed by atoms with van der Waals surface area (Å²) in [4.78, 5) is 27.9. The molecule has 3 rings (SSSR count). The van der Waals surface area contributed by atoms with Crippen LogP contribution >= 0.6 is 11.8 Å². The van der Waals surface area contributed by atoms with E-state index in [2.05, 4.69) is 4.98 Å². The van der Waals surface area contributed by atoms with Gasteiger partial charge in [0.05, 0.1) is 10.9 Å². The number of primary amides is 1. The van der Waals surface area contributed by atoms with Crippen molar-refractivity contribution in [3.05, 3.63) is 34.6 Å². The maximum atomic E-state index is 12.5. The van der Waals surface area contributed by atoms with Crippen molar-refractivity contribution >= 4 is 28.6 Å². The molecule has 0 atom stereocenters. The van der Waals surface area contributed by atoms with Gasteiger partial charge in [0.1, 0.15) is 0 Å². The van der Waals surface area contributed by atoms with Crippen LogP contribution in [-0.4, -0.2) is 21.2 Å². The van der Waals surface area contributed by atoms with Crippen LogP contribution in [0, 0.1) is 0 Å². The van der Waals surface area contributed by atoms with Gasteiger partial charge in [-0.05, 0) is 25.0 Å². The van der Waals surface area contributed by atoms with Crippen LogP contribution in [0.1, 0.15) is 25.3 Å². The Bertz CT molecular complexity index is 722. The fraction of sp³-hybridized carbons (Fsp3) is 0.357. The minimum Gasteiger partial charge on any atom is -0.370 e. The van der Waals surface area contributed by atoms with Crippen LogP contribution in [0.4, 0.5) is 0 Å². The van der Waals surface area contributed by atoms with Crippen LogP contribution < -0.4 is 11.3 Å². The van der Waals surface area contributed by atoms with Gasteiger partial charge in [-0.15, -0.1) is 0 Å². The molecule has 1 aromatic heterocycles. The lowest BCUT2D eigenvalue weighted by molar-refractivity contribution is -0.117. The number of carbonyl (C=O) groups excluding carboxylic acids is 1. The molecule has 0 spiro atoms. The van der Waals surface area contributed by atoms with Gasteiger partial charge < -0.3 is 5.73 Å². The molecule has 2 N–H and O–H groups in total. The Kier molecular flexibility index (Phi) is 3.48. The van der Waals surface area contributed by atoms with E-state index in [-0.39, 0.29) is 23.9 Å². The van der Waals surface area contributed by atoms with E-state index in [1.54, 1.807) is 10.6 Å². The van der Waals surface area contributed by atoms with E-state index in [1.807, 2.05) is 18.2 Å². The number of para-hydroxylation sites is 1. The first-order valence-electron chi connectivity index (χ1n) is 6.59. The van der Waals surface area contributed by atoms with Crippen molar-refractivity contribution in [1.29, 1.82) is 0 Å². The highest BCUT2D eigenvalue weighted by atomic mass is 32.2. The van der Waals surface area contributed by atoms with Crippen LogP contribution in [0.5, 0.6) is 0 Å². The van der Waals surface area contributed by atoms with Crippen molar-refractivity contribution in [2.45, 2.75) is 30.5 Å². The molecule has 1 heterocycles. The number of rotatable bonds is 5. The molecular formula is C14H15N3O2S. The standard InChI is InChI=1S/C14H15N3O2S/c15-12(18)7-8-20-14-16-11-4-2-1-3-10(11)13(19)17(14)9-5-6-9/h1-4,9H,5-8H2,(H2,15,18). The molecule has 0 bridgehead atoms. The SMILES string of the molecule is NC(=O)CCSc1nc2ccccc2c(=O)n1C1CC1. The molecule has 1 aliphatic carbocycles. The monoisotopic (exact) mass is 289 g/mol. The molecule has 1 saturated carbocycles. The summed E-state index contributed by atoms with van der Waals surface area (Å²) in [6.07, 6.45) is 2.32. The Balaban J connectivity index is 2.02. The van der Waals surface area contributed by atoms with Crippen LogP contribution in [0.3, 0.4) is 0 Å². The number of aromatic nitrogens is 2. The molecule has 1 amide bonds. The van der Waals surface area contributed by atoms with Gasteiger partial charge >= 0.3 is 0 Å². The van der Waals surface area contributed by atoms with Crippen molar-refractivity contribution in [1.82, 2.24) is 9.55 Å². The zero-order valence-corrected chi connectivity index (χ0v) is 11.7. The highest BCUT2D eigenvalue weighted by Gasteiger charge is 2.28.